The fourth-order valence-corrected chi connectivity index (χ4v) is 6.17. The van der Waals surface area contributed by atoms with Gasteiger partial charge in [-0.15, -0.1) is 0 Å². The van der Waals surface area contributed by atoms with Gasteiger partial charge in [0.15, 0.2) is 14.6 Å². The van der Waals surface area contributed by atoms with Gasteiger partial charge in [-0.3, -0.25) is 0 Å². The van der Waals surface area contributed by atoms with Gasteiger partial charge in [-0.25, -0.2) is 0 Å². The number of ether oxygens (including phenoxy) is 3. The first-order chi connectivity index (χ1) is 16.8. The van der Waals surface area contributed by atoms with Gasteiger partial charge in [0, 0.05) is 0 Å². The smallest absolute Gasteiger partial charge is 0.192 e. The summed E-state index contributed by atoms with van der Waals surface area (Å²) < 4.78 is 32.9. The molecule has 1 fully saturated rings. The highest BCUT2D eigenvalue weighted by atomic mass is 32.4. The number of rotatable bonds is 10. The molecule has 1 aliphatic rings. The van der Waals surface area contributed by atoms with Crippen LogP contribution in [0.15, 0.2) is 60.7 Å². The molecule has 1 heterocycles. The summed E-state index contributed by atoms with van der Waals surface area (Å²) in [4.78, 5) is 0. The summed E-state index contributed by atoms with van der Waals surface area (Å²) in [5, 5.41) is 0.0403. The van der Waals surface area contributed by atoms with Gasteiger partial charge in [-0.1, -0.05) is 93.2 Å². The Bertz CT molecular complexity index is 992. The lowest BCUT2D eigenvalue weighted by atomic mass is 9.99. The van der Waals surface area contributed by atoms with Crippen LogP contribution in [0.2, 0.25) is 18.1 Å². The van der Waals surface area contributed by atoms with Gasteiger partial charge in [0.2, 0.25) is 0 Å². The van der Waals surface area contributed by atoms with Crippen LogP contribution >= 0.6 is 6.26 Å². The molecule has 36 heavy (non-hydrogen) atoms. The zero-order valence-electron chi connectivity index (χ0n) is 23.0. The lowest BCUT2D eigenvalue weighted by Crippen LogP contribution is -2.62. The van der Waals surface area contributed by atoms with Crippen molar-refractivity contribution >= 4 is 26.4 Å². The third kappa shape index (κ3) is 8.30. The molecule has 200 valence electrons. The maximum absolute atomic E-state index is 6.95. The van der Waals surface area contributed by atoms with Crippen molar-refractivity contribution in [2.45, 2.75) is 89.7 Å². The van der Waals surface area contributed by atoms with Crippen LogP contribution in [-0.2, 0) is 48.2 Å². The third-order valence-corrected chi connectivity index (χ3v) is 12.3. The quantitative estimate of drug-likeness (QED) is 0.235. The summed E-state index contributed by atoms with van der Waals surface area (Å²) in [6, 6.07) is 20.3. The fourth-order valence-electron chi connectivity index (χ4n) is 3.89. The molecular formula is C28H43O5PSSi. The predicted molar refractivity (Wildman–Crippen MR) is 154 cm³/mol. The largest absolute Gasteiger partial charge is 0.409 e. The van der Waals surface area contributed by atoms with Crippen LogP contribution in [0.4, 0.5) is 0 Å². The third-order valence-electron chi connectivity index (χ3n) is 6.89. The maximum Gasteiger partial charge on any atom is 0.192 e. The molecule has 1 saturated heterocycles. The highest BCUT2D eigenvalue weighted by Gasteiger charge is 2.51. The lowest BCUT2D eigenvalue weighted by molar-refractivity contribution is -0.287. The normalized spacial score (nSPS) is 25.6. The monoisotopic (exact) mass is 550 g/mol. The molecule has 1 unspecified atom stereocenters. The Kier molecular flexibility index (Phi) is 10.1. The molecule has 8 heteroatoms. The summed E-state index contributed by atoms with van der Waals surface area (Å²) in [5.74, 6) is 0. The van der Waals surface area contributed by atoms with Crippen LogP contribution in [0.25, 0.3) is 0 Å². The molecule has 0 amide bonds. The topological polar surface area (TPSA) is 46.2 Å². The predicted octanol–water partition coefficient (Wildman–Crippen LogP) is 6.96. The minimum Gasteiger partial charge on any atom is -0.409 e. The van der Waals surface area contributed by atoms with Crippen LogP contribution in [0, 0.1) is 0 Å². The summed E-state index contributed by atoms with van der Waals surface area (Å²) >= 11 is 5.67. The standard InChI is InChI=1S/C28H43O5PSSi/c1-21-24(33-36(7,8)28(2,3)4)25(29-19-22-15-11-9-12-16-22)26(27(31-21)32-34(5,6)35)30-20-23-17-13-10-14-18-23/h9-18,21,24-27H,19-20H2,1-8H3/t21-,24-,25+,26+,27?/m0/s1. The molecular weight excluding hydrogens is 507 g/mol. The van der Waals surface area contributed by atoms with E-state index in [4.69, 9.17) is 35.0 Å². The average Bonchev–Trinajstić information content (AvgIpc) is 2.78. The summed E-state index contributed by atoms with van der Waals surface area (Å²) in [5.41, 5.74) is 2.17. The van der Waals surface area contributed by atoms with Crippen LogP contribution in [0.3, 0.4) is 0 Å². The Hall–Kier alpha value is -0.893. The molecule has 5 atom stereocenters. The molecule has 0 aromatic heterocycles. The molecule has 2 aromatic carbocycles. The molecule has 1 aliphatic heterocycles. The van der Waals surface area contributed by atoms with Crippen LogP contribution in [0.5, 0.6) is 0 Å². The van der Waals surface area contributed by atoms with Gasteiger partial charge in [-0.05, 0) is 49.5 Å². The van der Waals surface area contributed by atoms with Gasteiger partial charge < -0.3 is 23.2 Å². The van der Waals surface area contributed by atoms with Crippen molar-refractivity contribution < 1.29 is 23.2 Å². The molecule has 0 aliphatic carbocycles. The molecule has 0 bridgehead atoms. The van der Waals surface area contributed by atoms with Crippen molar-refractivity contribution in [1.82, 2.24) is 0 Å². The summed E-state index contributed by atoms with van der Waals surface area (Å²) in [6.45, 7) is 18.1. The average molecular weight is 551 g/mol. The first-order valence-electron chi connectivity index (χ1n) is 12.6. The van der Waals surface area contributed by atoms with E-state index in [1.54, 1.807) is 0 Å². The second-order valence-electron chi connectivity index (χ2n) is 11.4. The van der Waals surface area contributed by atoms with Gasteiger partial charge in [0.25, 0.3) is 0 Å². The molecule has 0 radical (unpaired) electrons. The summed E-state index contributed by atoms with van der Waals surface area (Å²) in [7, 11) is -2.14. The highest BCUT2D eigenvalue weighted by molar-refractivity contribution is 8.11. The fraction of sp³-hybridized carbons (Fsp3) is 0.571. The minimum atomic E-state index is -2.14. The van der Waals surface area contributed by atoms with Crippen LogP contribution in [0.1, 0.15) is 38.8 Å². The zero-order chi connectivity index (χ0) is 26.6. The molecule has 0 saturated carbocycles. The Morgan fingerprint density at radius 1 is 0.833 bits per heavy atom. The first-order valence-corrected chi connectivity index (χ1v) is 19.2. The molecule has 3 rings (SSSR count). The van der Waals surface area contributed by atoms with Crippen molar-refractivity contribution in [1.29, 1.82) is 0 Å². The Balaban J connectivity index is 1.95. The molecule has 0 spiro atoms. The molecule has 5 nitrogen and oxygen atoms in total. The highest BCUT2D eigenvalue weighted by Crippen LogP contribution is 2.45. The van der Waals surface area contributed by atoms with E-state index in [1.165, 1.54) is 0 Å². The van der Waals surface area contributed by atoms with Gasteiger partial charge in [0.1, 0.15) is 12.2 Å². The zero-order valence-corrected chi connectivity index (χ0v) is 25.7. The van der Waals surface area contributed by atoms with E-state index in [2.05, 4.69) is 58.1 Å². The van der Waals surface area contributed by atoms with E-state index in [9.17, 15) is 0 Å². The lowest BCUT2D eigenvalue weighted by Gasteiger charge is -2.49. The van der Waals surface area contributed by atoms with E-state index in [1.807, 2.05) is 56.7 Å². The van der Waals surface area contributed by atoms with E-state index in [0.29, 0.717) is 13.2 Å². The number of hydrogen-bond donors (Lipinski definition) is 0. The van der Waals surface area contributed by atoms with E-state index >= 15 is 0 Å². The number of hydrogen-bond acceptors (Lipinski definition) is 6. The second kappa shape index (κ2) is 12.3. The van der Waals surface area contributed by atoms with E-state index in [0.717, 1.165) is 11.1 Å². The van der Waals surface area contributed by atoms with Gasteiger partial charge in [0.05, 0.1) is 31.7 Å². The SMILES string of the molecule is C[C@@H]1OC(OP(C)(C)=S)[C@H](OCc2ccccc2)[C@H](OCc2ccccc2)[C@H]1O[Si](C)(C)C(C)(C)C. The number of benzene rings is 2. The van der Waals surface area contributed by atoms with Gasteiger partial charge >= 0.3 is 0 Å². The van der Waals surface area contributed by atoms with Crippen molar-refractivity contribution in [3.05, 3.63) is 71.8 Å². The van der Waals surface area contributed by atoms with Crippen molar-refractivity contribution in [2.75, 3.05) is 13.3 Å². The molecule has 2 aromatic rings. The Morgan fingerprint density at radius 3 is 1.75 bits per heavy atom. The van der Waals surface area contributed by atoms with Crippen LogP contribution in [-0.4, -0.2) is 52.4 Å². The Labute approximate surface area is 224 Å². The minimum absolute atomic E-state index is 0.0403. The van der Waals surface area contributed by atoms with Crippen molar-refractivity contribution in [3.8, 4) is 0 Å². The van der Waals surface area contributed by atoms with E-state index < -0.39 is 33.1 Å². The van der Waals surface area contributed by atoms with E-state index in [-0.39, 0.29) is 17.2 Å². The van der Waals surface area contributed by atoms with Crippen LogP contribution < -0.4 is 0 Å². The molecule has 0 N–H and O–H groups in total. The summed E-state index contributed by atoms with van der Waals surface area (Å²) in [6.07, 6.45) is -4.12. The maximum atomic E-state index is 6.95. The van der Waals surface area contributed by atoms with Crippen molar-refractivity contribution in [2.24, 2.45) is 0 Å². The first kappa shape index (κ1) is 29.7. The van der Waals surface area contributed by atoms with Crippen molar-refractivity contribution in [3.63, 3.8) is 0 Å². The van der Waals surface area contributed by atoms with Gasteiger partial charge in [-0.2, -0.15) is 0 Å². The second-order valence-corrected chi connectivity index (χ2v) is 21.5. The Morgan fingerprint density at radius 2 is 1.31 bits per heavy atom.